The Morgan fingerprint density at radius 2 is 1.88 bits per heavy atom. The Bertz CT molecular complexity index is 1170. The molecule has 1 aromatic heterocycles. The number of pyridine rings is 1. The summed E-state index contributed by atoms with van der Waals surface area (Å²) >= 11 is 2.03. The van der Waals surface area contributed by atoms with Crippen molar-refractivity contribution in [1.29, 1.82) is 0 Å². The topological polar surface area (TPSA) is 68.7 Å². The van der Waals surface area contributed by atoms with Crippen LogP contribution >= 0.6 is 11.8 Å². The molecule has 0 bridgehead atoms. The summed E-state index contributed by atoms with van der Waals surface area (Å²) < 4.78 is 0. The van der Waals surface area contributed by atoms with Gasteiger partial charge in [-0.25, -0.2) is 4.98 Å². The minimum absolute atomic E-state index is 0.00460. The average molecular weight is 477 g/mol. The summed E-state index contributed by atoms with van der Waals surface area (Å²) in [7, 11) is 0. The summed E-state index contributed by atoms with van der Waals surface area (Å²) in [6.07, 6.45) is 1.58. The van der Waals surface area contributed by atoms with Crippen LogP contribution in [0.5, 0.6) is 5.75 Å². The van der Waals surface area contributed by atoms with E-state index in [2.05, 4.69) is 45.2 Å². The lowest BCUT2D eigenvalue weighted by molar-refractivity contribution is -0.120. The number of carbonyl (C=O) groups is 1. The van der Waals surface area contributed by atoms with Crippen molar-refractivity contribution in [3.8, 4) is 5.75 Å². The maximum Gasteiger partial charge on any atom is 0.227 e. The SMILES string of the molecule is Cc1cc(CN2CCSCC2)ccc1NC(=O)C1CCN(c2ccc3cccc(O)c3n2)CC1. The van der Waals surface area contributed by atoms with Gasteiger partial charge in [0.05, 0.1) is 0 Å². The number of thioether (sulfide) groups is 1. The second-order valence-electron chi connectivity index (χ2n) is 9.31. The second-order valence-corrected chi connectivity index (χ2v) is 10.5. The van der Waals surface area contributed by atoms with Crippen LogP contribution in [-0.2, 0) is 11.3 Å². The molecule has 3 aromatic rings. The molecule has 6 nitrogen and oxygen atoms in total. The van der Waals surface area contributed by atoms with Crippen LogP contribution in [0.15, 0.2) is 48.5 Å². The molecule has 0 saturated carbocycles. The highest BCUT2D eigenvalue weighted by molar-refractivity contribution is 7.99. The third-order valence-electron chi connectivity index (χ3n) is 6.93. The van der Waals surface area contributed by atoms with Gasteiger partial charge in [0.25, 0.3) is 0 Å². The van der Waals surface area contributed by atoms with Gasteiger partial charge in [0.15, 0.2) is 0 Å². The summed E-state index contributed by atoms with van der Waals surface area (Å²) in [5.74, 6) is 3.58. The number of hydrogen-bond donors (Lipinski definition) is 2. The van der Waals surface area contributed by atoms with Crippen LogP contribution in [0, 0.1) is 12.8 Å². The highest BCUT2D eigenvalue weighted by Gasteiger charge is 2.26. The van der Waals surface area contributed by atoms with Crippen LogP contribution < -0.4 is 10.2 Å². The number of amides is 1. The van der Waals surface area contributed by atoms with Crippen LogP contribution in [0.25, 0.3) is 10.9 Å². The number of carbonyl (C=O) groups excluding carboxylic acids is 1. The lowest BCUT2D eigenvalue weighted by Crippen LogP contribution is -2.38. The van der Waals surface area contributed by atoms with Crippen molar-refractivity contribution in [3.05, 3.63) is 59.7 Å². The second kappa shape index (κ2) is 10.2. The number of aromatic hydroxyl groups is 1. The fourth-order valence-electron chi connectivity index (χ4n) is 4.88. The fraction of sp³-hybridized carbons (Fsp3) is 0.407. The average Bonchev–Trinajstić information content (AvgIpc) is 2.86. The number of rotatable bonds is 5. The molecule has 1 amide bonds. The smallest absolute Gasteiger partial charge is 0.227 e. The molecule has 34 heavy (non-hydrogen) atoms. The van der Waals surface area contributed by atoms with E-state index in [-0.39, 0.29) is 17.6 Å². The van der Waals surface area contributed by atoms with Gasteiger partial charge in [0, 0.05) is 61.2 Å². The molecule has 0 aliphatic carbocycles. The largest absolute Gasteiger partial charge is 0.506 e. The molecule has 0 atom stereocenters. The van der Waals surface area contributed by atoms with E-state index < -0.39 is 0 Å². The van der Waals surface area contributed by atoms with Gasteiger partial charge in [-0.15, -0.1) is 0 Å². The van der Waals surface area contributed by atoms with Crippen molar-refractivity contribution in [2.24, 2.45) is 5.92 Å². The van der Waals surface area contributed by atoms with Gasteiger partial charge in [0.2, 0.25) is 5.91 Å². The Labute approximate surface area is 205 Å². The summed E-state index contributed by atoms with van der Waals surface area (Å²) in [5, 5.41) is 14.2. The van der Waals surface area contributed by atoms with Gasteiger partial charge < -0.3 is 15.3 Å². The summed E-state index contributed by atoms with van der Waals surface area (Å²) in [4.78, 5) is 22.4. The van der Waals surface area contributed by atoms with E-state index >= 15 is 0 Å². The lowest BCUT2D eigenvalue weighted by atomic mass is 9.95. The maximum atomic E-state index is 13.0. The number of anilines is 2. The van der Waals surface area contributed by atoms with Crippen LogP contribution in [0.3, 0.4) is 0 Å². The molecule has 2 aliphatic heterocycles. The number of aryl methyl sites for hydroxylation is 1. The first kappa shape index (κ1) is 23.0. The first-order valence-corrected chi connectivity index (χ1v) is 13.3. The number of phenols is 1. The highest BCUT2D eigenvalue weighted by atomic mass is 32.2. The molecular weight excluding hydrogens is 444 g/mol. The van der Waals surface area contributed by atoms with E-state index in [0.29, 0.717) is 5.52 Å². The summed E-state index contributed by atoms with van der Waals surface area (Å²) in [5.41, 5.74) is 3.97. The lowest BCUT2D eigenvalue weighted by Gasteiger charge is -2.32. The van der Waals surface area contributed by atoms with Crippen LogP contribution in [0.2, 0.25) is 0 Å². The van der Waals surface area contributed by atoms with Gasteiger partial charge in [-0.1, -0.05) is 24.3 Å². The number of fused-ring (bicyclic) bond motifs is 1. The minimum Gasteiger partial charge on any atom is -0.506 e. The van der Waals surface area contributed by atoms with Gasteiger partial charge in [0.1, 0.15) is 17.1 Å². The van der Waals surface area contributed by atoms with E-state index in [0.717, 1.165) is 68.0 Å². The first-order valence-electron chi connectivity index (χ1n) is 12.1. The molecule has 2 saturated heterocycles. The van der Waals surface area contributed by atoms with Crippen LogP contribution in [-0.4, -0.2) is 58.6 Å². The molecule has 2 fully saturated rings. The van der Waals surface area contributed by atoms with E-state index in [1.807, 2.05) is 36.0 Å². The zero-order chi connectivity index (χ0) is 23.5. The van der Waals surface area contributed by atoms with Gasteiger partial charge in [-0.2, -0.15) is 11.8 Å². The first-order chi connectivity index (χ1) is 16.6. The zero-order valence-corrected chi connectivity index (χ0v) is 20.5. The number of nitrogens with zero attached hydrogens (tertiary/aromatic N) is 3. The number of phenolic OH excluding ortho intramolecular Hbond substituents is 1. The third-order valence-corrected chi connectivity index (χ3v) is 7.88. The molecule has 7 heteroatoms. The minimum atomic E-state index is -0.00460. The quantitative estimate of drug-likeness (QED) is 0.559. The van der Waals surface area contributed by atoms with E-state index in [1.54, 1.807) is 6.07 Å². The number of piperidine rings is 1. The number of para-hydroxylation sites is 1. The Morgan fingerprint density at radius 1 is 1.09 bits per heavy atom. The van der Waals surface area contributed by atoms with E-state index in [9.17, 15) is 9.90 Å². The number of aromatic nitrogens is 1. The number of benzene rings is 2. The Kier molecular flexibility index (Phi) is 6.92. The van der Waals surface area contributed by atoms with E-state index in [4.69, 9.17) is 0 Å². The predicted octanol–water partition coefficient (Wildman–Crippen LogP) is 4.65. The Hall–Kier alpha value is -2.77. The summed E-state index contributed by atoms with van der Waals surface area (Å²) in [6.45, 7) is 6.91. The molecule has 0 radical (unpaired) electrons. The molecule has 2 aromatic carbocycles. The molecule has 0 spiro atoms. The van der Waals surface area contributed by atoms with Crippen molar-refractivity contribution < 1.29 is 9.90 Å². The highest BCUT2D eigenvalue weighted by Crippen LogP contribution is 2.28. The van der Waals surface area contributed by atoms with Crippen molar-refractivity contribution in [2.45, 2.75) is 26.3 Å². The Balaban J connectivity index is 1.17. The van der Waals surface area contributed by atoms with Crippen molar-refractivity contribution in [3.63, 3.8) is 0 Å². The molecule has 2 N–H and O–H groups in total. The van der Waals surface area contributed by atoms with Crippen LogP contribution in [0.4, 0.5) is 11.5 Å². The van der Waals surface area contributed by atoms with Gasteiger partial charge in [-0.05, 0) is 55.2 Å². The van der Waals surface area contributed by atoms with Crippen LogP contribution in [0.1, 0.15) is 24.0 Å². The standard InChI is InChI=1S/C27H32N4O2S/c1-19-17-20(18-30-13-15-34-16-14-30)5-7-23(19)28-27(33)22-9-11-31(12-10-22)25-8-6-21-3-2-4-24(32)26(21)29-25/h2-8,17,22,32H,9-16,18H2,1H3,(H,28,33). The predicted molar refractivity (Wildman–Crippen MR) is 141 cm³/mol. The number of nitrogens with one attached hydrogen (secondary N) is 1. The third kappa shape index (κ3) is 5.15. The van der Waals surface area contributed by atoms with Crippen molar-refractivity contribution >= 4 is 40.1 Å². The van der Waals surface area contributed by atoms with Gasteiger partial charge >= 0.3 is 0 Å². The summed E-state index contributed by atoms with van der Waals surface area (Å²) in [6, 6.07) is 15.8. The monoisotopic (exact) mass is 476 g/mol. The normalized spacial score (nSPS) is 17.7. The zero-order valence-electron chi connectivity index (χ0n) is 19.7. The fourth-order valence-corrected chi connectivity index (χ4v) is 5.86. The van der Waals surface area contributed by atoms with Crippen molar-refractivity contribution in [2.75, 3.05) is 47.9 Å². The molecular formula is C27H32N4O2S. The van der Waals surface area contributed by atoms with E-state index in [1.165, 1.54) is 17.1 Å². The molecule has 0 unspecified atom stereocenters. The molecule has 2 aliphatic rings. The Morgan fingerprint density at radius 3 is 2.65 bits per heavy atom. The molecule has 178 valence electrons. The van der Waals surface area contributed by atoms with Gasteiger partial charge in [-0.3, -0.25) is 9.69 Å². The number of hydrogen-bond acceptors (Lipinski definition) is 6. The molecule has 5 rings (SSSR count). The van der Waals surface area contributed by atoms with Crippen molar-refractivity contribution in [1.82, 2.24) is 9.88 Å². The molecule has 3 heterocycles. The maximum absolute atomic E-state index is 13.0.